The van der Waals surface area contributed by atoms with E-state index in [1.54, 1.807) is 0 Å². The first-order valence-corrected chi connectivity index (χ1v) is 6.45. The minimum Gasteiger partial charge on any atom is -0.384 e. The Morgan fingerprint density at radius 1 is 1.39 bits per heavy atom. The van der Waals surface area contributed by atoms with Gasteiger partial charge in [0.25, 0.3) is 0 Å². The Hall–Kier alpha value is -1.47. The third-order valence-electron chi connectivity index (χ3n) is 4.67. The predicted molar refractivity (Wildman–Crippen MR) is 73.3 cm³/mol. The molecule has 4 heteroatoms. The number of nitrogen functional groups attached to an aromatic ring is 1. The molecule has 1 fully saturated rings. The van der Waals surface area contributed by atoms with Crippen LogP contribution in [0.2, 0.25) is 0 Å². The van der Waals surface area contributed by atoms with Crippen LogP contribution in [0.15, 0.2) is 0 Å². The van der Waals surface area contributed by atoms with Gasteiger partial charge in [-0.2, -0.15) is 5.26 Å². The summed E-state index contributed by atoms with van der Waals surface area (Å²) in [5.74, 6) is 0.626. The van der Waals surface area contributed by atoms with Gasteiger partial charge in [0.05, 0.1) is 5.56 Å². The fourth-order valence-electron chi connectivity index (χ4n) is 2.86. The van der Waals surface area contributed by atoms with Crippen molar-refractivity contribution in [2.24, 2.45) is 0 Å². The van der Waals surface area contributed by atoms with Gasteiger partial charge < -0.3 is 15.2 Å². The Morgan fingerprint density at radius 3 is 2.33 bits per heavy atom. The number of hydrogen-bond donors (Lipinski definition) is 1. The van der Waals surface area contributed by atoms with Crippen molar-refractivity contribution in [1.29, 1.82) is 5.26 Å². The molecule has 2 rings (SSSR count). The second kappa shape index (κ2) is 4.33. The number of nitrogens with zero attached hydrogens (tertiary/aromatic N) is 3. The molecule has 0 aromatic carbocycles. The molecule has 0 amide bonds. The van der Waals surface area contributed by atoms with Crippen molar-refractivity contribution in [2.75, 3.05) is 19.8 Å². The largest absolute Gasteiger partial charge is 0.384 e. The summed E-state index contributed by atoms with van der Waals surface area (Å²) in [6, 6.07) is 2.22. The highest BCUT2D eigenvalue weighted by Gasteiger charge is 2.40. The molecule has 1 heterocycles. The van der Waals surface area contributed by atoms with E-state index < -0.39 is 0 Å². The van der Waals surface area contributed by atoms with Crippen LogP contribution >= 0.6 is 0 Å². The minimum absolute atomic E-state index is 0.219. The first kappa shape index (κ1) is 13.0. The lowest BCUT2D eigenvalue weighted by Crippen LogP contribution is -2.53. The third-order valence-corrected chi connectivity index (χ3v) is 4.67. The molecular weight excluding hydrogens is 224 g/mol. The summed E-state index contributed by atoms with van der Waals surface area (Å²) in [5, 5.41) is 9.16. The van der Waals surface area contributed by atoms with E-state index >= 15 is 0 Å². The molecule has 0 spiro atoms. The third kappa shape index (κ3) is 1.70. The highest BCUT2D eigenvalue weighted by Crippen LogP contribution is 2.39. The number of nitriles is 1. The van der Waals surface area contributed by atoms with Crippen molar-refractivity contribution in [3.8, 4) is 6.07 Å². The number of hydrogen-bond acceptors (Lipinski definition) is 3. The number of nitrogens with two attached hydrogens (primary N) is 1. The zero-order valence-corrected chi connectivity index (χ0v) is 11.7. The van der Waals surface area contributed by atoms with Crippen LogP contribution in [-0.4, -0.2) is 29.1 Å². The molecule has 4 nitrogen and oxygen atoms in total. The van der Waals surface area contributed by atoms with Crippen LogP contribution in [0, 0.1) is 25.2 Å². The zero-order chi connectivity index (χ0) is 13.5. The van der Waals surface area contributed by atoms with Gasteiger partial charge in [-0.3, -0.25) is 0 Å². The van der Waals surface area contributed by atoms with Gasteiger partial charge >= 0.3 is 0 Å². The Labute approximate surface area is 109 Å². The smallest absolute Gasteiger partial charge is 0.122 e. The van der Waals surface area contributed by atoms with Crippen LogP contribution in [0.1, 0.15) is 36.1 Å². The maximum Gasteiger partial charge on any atom is 0.122 e. The van der Waals surface area contributed by atoms with Crippen LogP contribution < -0.4 is 5.73 Å². The molecule has 1 aromatic heterocycles. The average molecular weight is 246 g/mol. The van der Waals surface area contributed by atoms with E-state index in [4.69, 9.17) is 11.0 Å². The molecule has 1 aromatic rings. The molecular formula is C14H22N4. The first-order valence-electron chi connectivity index (χ1n) is 6.45. The average Bonchev–Trinajstić information content (AvgIpc) is 2.45. The highest BCUT2D eigenvalue weighted by atomic mass is 15.2. The summed E-state index contributed by atoms with van der Waals surface area (Å²) in [4.78, 5) is 2.30. The van der Waals surface area contributed by atoms with Gasteiger partial charge in [0.1, 0.15) is 11.9 Å². The predicted octanol–water partition coefficient (Wildman–Crippen LogP) is 2.04. The normalized spacial score (nSPS) is 17.6. The fraction of sp³-hybridized carbons (Fsp3) is 0.643. The SMILES string of the molecule is Cc1c(C#N)c(N)n(CC2(N(C)C)CCC2)c1C. The quantitative estimate of drug-likeness (QED) is 0.888. The Morgan fingerprint density at radius 2 is 2.00 bits per heavy atom. The molecule has 1 aliphatic rings. The van der Waals surface area contributed by atoms with E-state index in [0.717, 1.165) is 17.8 Å². The second-order valence-electron chi connectivity index (χ2n) is 5.64. The monoisotopic (exact) mass is 246 g/mol. The lowest BCUT2D eigenvalue weighted by Gasteiger charge is -2.48. The van der Waals surface area contributed by atoms with Gasteiger partial charge in [-0.15, -0.1) is 0 Å². The second-order valence-corrected chi connectivity index (χ2v) is 5.64. The van der Waals surface area contributed by atoms with Crippen LogP contribution in [0.25, 0.3) is 0 Å². The molecule has 0 bridgehead atoms. The van der Waals surface area contributed by atoms with E-state index in [1.165, 1.54) is 19.3 Å². The maximum atomic E-state index is 9.16. The summed E-state index contributed by atoms with van der Waals surface area (Å²) in [7, 11) is 4.26. The zero-order valence-electron chi connectivity index (χ0n) is 11.7. The van der Waals surface area contributed by atoms with Crippen LogP contribution in [-0.2, 0) is 6.54 Å². The molecule has 18 heavy (non-hydrogen) atoms. The summed E-state index contributed by atoms with van der Waals surface area (Å²) < 4.78 is 2.12. The molecule has 0 saturated heterocycles. The van der Waals surface area contributed by atoms with Crippen LogP contribution in [0.3, 0.4) is 0 Å². The van der Waals surface area contributed by atoms with E-state index in [9.17, 15) is 0 Å². The molecule has 0 radical (unpaired) electrons. The van der Waals surface area contributed by atoms with Crippen molar-refractivity contribution < 1.29 is 0 Å². The van der Waals surface area contributed by atoms with Crippen molar-refractivity contribution in [3.05, 3.63) is 16.8 Å². The molecule has 2 N–H and O–H groups in total. The van der Waals surface area contributed by atoms with Gasteiger partial charge in [0.2, 0.25) is 0 Å². The molecule has 1 saturated carbocycles. The standard InChI is InChI=1S/C14H22N4/c1-10-11(2)18(13(16)12(10)8-15)9-14(17(3)4)6-5-7-14/h5-7,9,16H2,1-4H3. The van der Waals surface area contributed by atoms with Crippen molar-refractivity contribution >= 4 is 5.82 Å². The fourth-order valence-corrected chi connectivity index (χ4v) is 2.86. The Balaban J connectivity index is 2.39. The van der Waals surface area contributed by atoms with Gasteiger partial charge in [0, 0.05) is 17.8 Å². The first-order chi connectivity index (χ1) is 8.43. The minimum atomic E-state index is 0.219. The summed E-state index contributed by atoms with van der Waals surface area (Å²) in [6.45, 7) is 4.92. The van der Waals surface area contributed by atoms with Crippen LogP contribution in [0.5, 0.6) is 0 Å². The van der Waals surface area contributed by atoms with Crippen LogP contribution in [0.4, 0.5) is 5.82 Å². The number of rotatable bonds is 3. The number of aromatic nitrogens is 1. The van der Waals surface area contributed by atoms with Gasteiger partial charge in [0.15, 0.2) is 0 Å². The van der Waals surface area contributed by atoms with E-state index in [0.29, 0.717) is 11.4 Å². The highest BCUT2D eigenvalue weighted by molar-refractivity contribution is 5.57. The maximum absolute atomic E-state index is 9.16. The van der Waals surface area contributed by atoms with E-state index in [-0.39, 0.29) is 5.54 Å². The number of likely N-dealkylation sites (N-methyl/N-ethyl adjacent to an activating group) is 1. The number of anilines is 1. The van der Waals surface area contributed by atoms with E-state index in [2.05, 4.69) is 36.6 Å². The Bertz CT molecular complexity index is 501. The van der Waals surface area contributed by atoms with Gasteiger partial charge in [-0.1, -0.05) is 0 Å². The van der Waals surface area contributed by atoms with Gasteiger partial charge in [-0.05, 0) is 52.8 Å². The Kier molecular flexibility index (Phi) is 3.12. The summed E-state index contributed by atoms with van der Waals surface area (Å²) >= 11 is 0. The van der Waals surface area contributed by atoms with Gasteiger partial charge in [-0.25, -0.2) is 0 Å². The van der Waals surface area contributed by atoms with E-state index in [1.807, 2.05) is 6.92 Å². The molecule has 0 atom stereocenters. The molecule has 1 aliphatic carbocycles. The summed E-state index contributed by atoms with van der Waals surface area (Å²) in [6.07, 6.45) is 3.69. The molecule has 98 valence electrons. The molecule has 0 unspecified atom stereocenters. The van der Waals surface area contributed by atoms with Crippen molar-refractivity contribution in [1.82, 2.24) is 9.47 Å². The van der Waals surface area contributed by atoms with Crippen molar-refractivity contribution in [3.63, 3.8) is 0 Å². The summed E-state index contributed by atoms with van der Waals surface area (Å²) in [5.41, 5.74) is 9.12. The lowest BCUT2D eigenvalue weighted by atomic mass is 9.75. The van der Waals surface area contributed by atoms with Crippen molar-refractivity contribution in [2.45, 2.75) is 45.2 Å². The molecule has 0 aliphatic heterocycles. The lowest BCUT2D eigenvalue weighted by molar-refractivity contribution is 0.0425. The topological polar surface area (TPSA) is 58.0 Å².